The molecule has 0 bridgehead atoms. The third-order valence-electron chi connectivity index (χ3n) is 27.0. The van der Waals surface area contributed by atoms with Crippen LogP contribution < -0.4 is 49.0 Å². The van der Waals surface area contributed by atoms with Crippen molar-refractivity contribution in [2.75, 3.05) is 49.0 Å². The average Bonchev–Trinajstić information content (AvgIpc) is 1.60. The molecular formula is C132H107Ir5N13-10. The van der Waals surface area contributed by atoms with Crippen molar-refractivity contribution in [2.45, 2.75) is 69.2 Å². The van der Waals surface area contributed by atoms with Crippen LogP contribution in [0.5, 0.6) is 0 Å². The summed E-state index contributed by atoms with van der Waals surface area (Å²) in [4.78, 5) is 36.8. The number of rotatable bonds is 15. The SMILES string of the molecule is Cc1ccccc1-c1ccc2c(c1)N(c1[c-]cccc1)[CH-]N2c1ccccc1C.Cc1ccccc1-c1ccc2c(n1)N(c1[c-]cccc1)[CH-]N2c1ccccc1C.Cc1ccccc1N1[CH-]N(c2[c-]cccc2)c2cc(-c3c(C)cccc3C)ccc21.Cc1ccccc1N1[CH-]N(c2[c-]cccc2)c2nc(-c3c(C)cccc3C)ccc21.[Ir].[Ir].[Ir].[Ir].[Ir].[c-]1ccccc1N1[CH-]N(c2ccccc2-c2ccccc2)c2cccnc21. The average molecular weight is 2840 g/mol. The maximum atomic E-state index is 5.14. The zero-order chi connectivity index (χ0) is 99.0. The minimum absolute atomic E-state index is 0. The van der Waals surface area contributed by atoms with Crippen LogP contribution in [0, 0.1) is 133 Å². The second-order valence-corrected chi connectivity index (χ2v) is 36.5. The predicted octanol–water partition coefficient (Wildman–Crippen LogP) is 34.1. The van der Waals surface area contributed by atoms with Crippen molar-refractivity contribution in [1.29, 1.82) is 0 Å². The van der Waals surface area contributed by atoms with Crippen molar-refractivity contribution in [1.82, 2.24) is 15.0 Å². The fraction of sp³-hybridized carbons (Fsp3) is 0.0758. The van der Waals surface area contributed by atoms with Crippen LogP contribution in [0.4, 0.5) is 114 Å². The Morgan fingerprint density at radius 3 is 0.887 bits per heavy atom. The van der Waals surface area contributed by atoms with Crippen LogP contribution in [0.15, 0.2) is 437 Å². The Morgan fingerprint density at radius 2 is 0.473 bits per heavy atom. The molecule has 5 radical (unpaired) electrons. The van der Waals surface area contributed by atoms with E-state index in [-0.39, 0.29) is 101 Å². The van der Waals surface area contributed by atoms with Crippen molar-refractivity contribution in [3.8, 4) is 55.9 Å². The molecular weight excluding hydrogens is 2730 g/mol. The van der Waals surface area contributed by atoms with Gasteiger partial charge in [0.1, 0.15) is 17.5 Å². The summed E-state index contributed by atoms with van der Waals surface area (Å²) in [6.07, 6.45) is 1.83. The molecule has 0 spiro atoms. The van der Waals surface area contributed by atoms with Crippen LogP contribution in [-0.4, -0.2) is 15.0 Å². The summed E-state index contributed by atoms with van der Waals surface area (Å²) in [5.74, 6) is 2.74. The summed E-state index contributed by atoms with van der Waals surface area (Å²) in [6, 6.07) is 166. The minimum Gasteiger partial charge on any atom is -0.493 e. The van der Waals surface area contributed by atoms with Crippen LogP contribution in [0.25, 0.3) is 55.9 Å². The fourth-order valence-electron chi connectivity index (χ4n) is 19.7. The molecule has 25 rings (SSSR count). The van der Waals surface area contributed by atoms with Gasteiger partial charge in [-0.2, -0.15) is 152 Å². The molecule has 20 aromatic rings. The molecule has 0 atom stereocenters. The van der Waals surface area contributed by atoms with E-state index < -0.39 is 0 Å². The maximum Gasteiger partial charge on any atom is 0.125 e. The second kappa shape index (κ2) is 49.3. The molecule has 13 nitrogen and oxygen atoms in total. The molecule has 0 fully saturated rings. The summed E-state index contributed by atoms with van der Waals surface area (Å²) >= 11 is 0. The van der Waals surface area contributed by atoms with E-state index in [0.29, 0.717) is 0 Å². The molecule has 0 saturated heterocycles. The number of hydrogen-bond donors (Lipinski definition) is 0. The summed E-state index contributed by atoms with van der Waals surface area (Å²) in [6.45, 7) is 32.2. The first-order valence-electron chi connectivity index (χ1n) is 49.0. The molecule has 17 aromatic carbocycles. The van der Waals surface area contributed by atoms with Gasteiger partial charge in [-0.15, -0.1) is 61.8 Å². The van der Waals surface area contributed by atoms with Gasteiger partial charge in [-0.25, -0.2) is 15.0 Å². The Kier molecular flexibility index (Phi) is 35.5. The number of fused-ring (bicyclic) bond motifs is 5. The first kappa shape index (κ1) is 108. The van der Waals surface area contributed by atoms with Gasteiger partial charge in [-0.05, 0) is 244 Å². The molecule has 755 valence electrons. The topological polar surface area (TPSA) is 71.1 Å². The summed E-state index contributed by atoms with van der Waals surface area (Å²) < 4.78 is 0. The van der Waals surface area contributed by atoms with E-state index in [9.17, 15) is 0 Å². The molecule has 0 saturated carbocycles. The van der Waals surface area contributed by atoms with Crippen LogP contribution >= 0.6 is 0 Å². The van der Waals surface area contributed by atoms with Gasteiger partial charge in [0.2, 0.25) is 0 Å². The van der Waals surface area contributed by atoms with Crippen LogP contribution in [-0.2, 0) is 101 Å². The molecule has 0 aliphatic carbocycles. The quantitative estimate of drug-likeness (QED) is 0.0916. The molecule has 0 amide bonds. The molecule has 5 aliphatic rings. The van der Waals surface area contributed by atoms with Gasteiger partial charge in [0.05, 0.1) is 28.5 Å². The molecule has 150 heavy (non-hydrogen) atoms. The largest absolute Gasteiger partial charge is 0.493 e. The molecule has 3 aromatic heterocycles. The molecule has 0 N–H and O–H groups in total. The number of anilines is 20. The number of pyridine rings is 3. The van der Waals surface area contributed by atoms with Gasteiger partial charge in [-0.3, -0.25) is 0 Å². The first-order valence-corrected chi connectivity index (χ1v) is 49.0. The zero-order valence-electron chi connectivity index (χ0n) is 84.4. The fourth-order valence-corrected chi connectivity index (χ4v) is 19.7. The van der Waals surface area contributed by atoms with E-state index in [0.717, 1.165) is 103 Å². The van der Waals surface area contributed by atoms with Crippen LogP contribution in [0.1, 0.15) is 55.6 Å². The Hall–Kier alpha value is -14.6. The Morgan fingerprint density at radius 1 is 0.180 bits per heavy atom. The van der Waals surface area contributed by atoms with Gasteiger partial charge in [0.25, 0.3) is 0 Å². The number of aromatic nitrogens is 3. The van der Waals surface area contributed by atoms with Gasteiger partial charge in [0, 0.05) is 175 Å². The van der Waals surface area contributed by atoms with Gasteiger partial charge in [-0.1, -0.05) is 218 Å². The van der Waals surface area contributed by atoms with E-state index in [1.54, 1.807) is 0 Å². The standard InChI is InChI=1S/C28H24N2.C27H23N3.C27H22N2.C26H21N3.C24H17N3.5Ir/c1-20-10-7-8-15-25(20)30-19-29(24-13-5-4-6-14-24)27-18-23(16-17-26(27)30)28-21(2)11-9-12-22(28)3;1-19-10-7-8-15-24(19)30-18-29(22-13-5-4-6-14-22)27-25(30)17-16-23(28-27)26-20(2)11-9-12-21(26)3;1-20-10-6-8-14-24(20)22-16-17-26-27(18-22)28(23-12-4-3-5-13-23)19-29(26)25-15-9-7-11-21(25)2;1-19-10-6-8-14-22(19)23-16-17-25-26(27-23)28(21-12-4-3-5-13-21)18-29(25)24-15-9-7-11-20(24)2;1-3-10-19(11-4-1)21-14-7-8-15-22(21)27-18-26(20-12-5-2-6-13-20)24-23(27)16-9-17-25-24;;;;;/h4-13,15-19H,1-3H3;4-13,15-18H,1-3H3;3-12,14-19H,1-2H3;3-12,14-18H,1-2H3;1-12,14-18H;;;;;/q5*-2;;;;;. The van der Waals surface area contributed by atoms with Crippen molar-refractivity contribution >= 4 is 114 Å². The van der Waals surface area contributed by atoms with E-state index in [1.165, 1.54) is 123 Å². The second-order valence-electron chi connectivity index (χ2n) is 36.5. The Bertz CT molecular complexity index is 7610. The van der Waals surface area contributed by atoms with Gasteiger partial charge >= 0.3 is 0 Å². The minimum atomic E-state index is 0. The Balaban J connectivity index is 0.000000132. The van der Waals surface area contributed by atoms with Gasteiger partial charge < -0.3 is 49.0 Å². The summed E-state index contributed by atoms with van der Waals surface area (Å²) in [5, 5.41) is 0. The number of nitrogens with zero attached hydrogens (tertiary/aromatic N) is 13. The summed E-state index contributed by atoms with van der Waals surface area (Å²) in [7, 11) is 0. The predicted molar refractivity (Wildman–Crippen MR) is 602 cm³/mol. The maximum absolute atomic E-state index is 5.14. The monoisotopic (exact) mass is 2840 g/mol. The molecule has 8 heterocycles. The number of hydrogen-bond acceptors (Lipinski definition) is 13. The summed E-state index contributed by atoms with van der Waals surface area (Å²) in [5.41, 5.74) is 42.9. The van der Waals surface area contributed by atoms with Crippen LogP contribution in [0.2, 0.25) is 0 Å². The van der Waals surface area contributed by atoms with E-state index >= 15 is 0 Å². The van der Waals surface area contributed by atoms with E-state index in [1.807, 2.05) is 103 Å². The number of para-hydroxylation sites is 10. The molecule has 0 unspecified atom stereocenters. The third kappa shape index (κ3) is 22.7. The van der Waals surface area contributed by atoms with Crippen molar-refractivity contribution in [3.05, 3.63) is 556 Å². The van der Waals surface area contributed by atoms with Crippen LogP contribution in [0.3, 0.4) is 0 Å². The zero-order valence-corrected chi connectivity index (χ0v) is 96.4. The van der Waals surface area contributed by atoms with E-state index in [4.69, 9.17) is 9.97 Å². The first-order chi connectivity index (χ1) is 71.1. The van der Waals surface area contributed by atoms with Gasteiger partial charge in [0.15, 0.2) is 0 Å². The Labute approximate surface area is 951 Å². The van der Waals surface area contributed by atoms with Crippen molar-refractivity contribution < 1.29 is 101 Å². The number of aryl methyl sites for hydroxylation is 10. The third-order valence-corrected chi connectivity index (χ3v) is 27.0. The van der Waals surface area contributed by atoms with Crippen molar-refractivity contribution in [2.24, 2.45) is 0 Å². The normalized spacial score (nSPS) is 12.5. The van der Waals surface area contributed by atoms with E-state index in [2.05, 4.69) is 521 Å². The molecule has 5 aliphatic heterocycles. The smallest absolute Gasteiger partial charge is 0.125 e. The molecule has 18 heteroatoms. The number of benzene rings is 17. The van der Waals surface area contributed by atoms with Crippen molar-refractivity contribution in [3.63, 3.8) is 0 Å².